The molecule has 3 aromatic rings. The van der Waals surface area contributed by atoms with E-state index in [4.69, 9.17) is 9.47 Å². The Morgan fingerprint density at radius 3 is 2.42 bits per heavy atom. The van der Waals surface area contributed by atoms with Crippen LogP contribution in [-0.2, 0) is 16.2 Å². The van der Waals surface area contributed by atoms with Crippen LogP contribution in [0.3, 0.4) is 0 Å². The molecular weight excluding hydrogens is 548 g/mol. The topological polar surface area (TPSA) is 117 Å². The number of benzene rings is 3. The van der Waals surface area contributed by atoms with Gasteiger partial charge >= 0.3 is 6.03 Å². The van der Waals surface area contributed by atoms with Crippen LogP contribution in [0.25, 0.3) is 6.08 Å². The Morgan fingerprint density at radius 1 is 0.953 bits per heavy atom. The summed E-state index contributed by atoms with van der Waals surface area (Å²) in [5.41, 5.74) is 3.69. The monoisotopic (exact) mass is 582 g/mol. The highest BCUT2D eigenvalue weighted by molar-refractivity contribution is 6.16. The molecule has 5 amide bonds. The Morgan fingerprint density at radius 2 is 1.70 bits per heavy atom. The third-order valence-electron chi connectivity index (χ3n) is 7.42. The molecule has 0 aliphatic carbocycles. The minimum atomic E-state index is -0.674. The molecule has 43 heavy (non-hydrogen) atoms. The zero-order valence-electron chi connectivity index (χ0n) is 24.2. The first kappa shape index (κ1) is 29.4. The maximum absolute atomic E-state index is 12.9. The Balaban J connectivity index is 1.19. The van der Waals surface area contributed by atoms with Gasteiger partial charge in [-0.15, -0.1) is 0 Å². The van der Waals surface area contributed by atoms with E-state index in [-0.39, 0.29) is 18.2 Å². The fourth-order valence-electron chi connectivity index (χ4n) is 5.01. The number of carbonyl (C=O) groups is 4. The summed E-state index contributed by atoms with van der Waals surface area (Å²) in [6.07, 6.45) is 4.79. The van der Waals surface area contributed by atoms with Gasteiger partial charge in [-0.05, 0) is 79.3 Å². The predicted molar refractivity (Wildman–Crippen MR) is 162 cm³/mol. The molecule has 2 heterocycles. The van der Waals surface area contributed by atoms with Gasteiger partial charge in [0.2, 0.25) is 5.91 Å². The summed E-state index contributed by atoms with van der Waals surface area (Å²) < 4.78 is 11.5. The van der Waals surface area contributed by atoms with Crippen molar-refractivity contribution >= 4 is 35.5 Å². The number of rotatable bonds is 9. The lowest BCUT2D eigenvalue weighted by molar-refractivity contribution is -0.127. The third kappa shape index (κ3) is 7.03. The van der Waals surface area contributed by atoms with Crippen LogP contribution in [0.1, 0.15) is 46.3 Å². The number of hydrogen-bond acceptors (Lipinski definition) is 6. The number of urea groups is 1. The van der Waals surface area contributed by atoms with E-state index in [0.29, 0.717) is 28.3 Å². The van der Waals surface area contributed by atoms with E-state index >= 15 is 0 Å². The minimum absolute atomic E-state index is 0.0450. The molecule has 3 aromatic carbocycles. The first-order chi connectivity index (χ1) is 20.8. The Labute approximate surface area is 250 Å². The highest BCUT2D eigenvalue weighted by Crippen LogP contribution is 2.30. The number of amides is 5. The summed E-state index contributed by atoms with van der Waals surface area (Å²) in [7, 11) is 1.51. The van der Waals surface area contributed by atoms with Gasteiger partial charge in [0.25, 0.3) is 11.8 Å². The molecule has 222 valence electrons. The van der Waals surface area contributed by atoms with E-state index in [1.54, 1.807) is 30.3 Å². The molecule has 2 fully saturated rings. The predicted octanol–water partition coefficient (Wildman–Crippen LogP) is 4.74. The summed E-state index contributed by atoms with van der Waals surface area (Å²) in [6, 6.07) is 19.1. The van der Waals surface area contributed by atoms with Gasteiger partial charge in [0.05, 0.1) is 7.11 Å². The smallest absolute Gasteiger partial charge is 0.329 e. The minimum Gasteiger partial charge on any atom is -0.493 e. The van der Waals surface area contributed by atoms with Gasteiger partial charge < -0.3 is 25.0 Å². The fraction of sp³-hybridized carbons (Fsp3) is 0.273. The number of likely N-dealkylation sites (tertiary alicyclic amines) is 1. The molecule has 5 rings (SSSR count). The first-order valence-electron chi connectivity index (χ1n) is 14.2. The second kappa shape index (κ2) is 13.2. The Kier molecular flexibility index (Phi) is 9.05. The average molecular weight is 583 g/mol. The van der Waals surface area contributed by atoms with Crippen LogP contribution in [0, 0.1) is 6.92 Å². The van der Waals surface area contributed by atoms with E-state index in [1.165, 1.54) is 19.6 Å². The lowest BCUT2D eigenvalue weighted by Gasteiger charge is -2.26. The van der Waals surface area contributed by atoms with Gasteiger partial charge in [0.15, 0.2) is 11.5 Å². The van der Waals surface area contributed by atoms with E-state index < -0.39 is 24.4 Å². The summed E-state index contributed by atoms with van der Waals surface area (Å²) in [5, 5.41) is 5.26. The van der Waals surface area contributed by atoms with E-state index in [0.717, 1.165) is 42.0 Å². The van der Waals surface area contributed by atoms with Crippen LogP contribution >= 0.6 is 0 Å². The molecule has 10 nitrogen and oxygen atoms in total. The largest absolute Gasteiger partial charge is 0.493 e. The molecule has 0 aromatic heterocycles. The molecule has 0 radical (unpaired) electrons. The lowest BCUT2D eigenvalue weighted by atomic mass is 10.1. The van der Waals surface area contributed by atoms with Crippen LogP contribution in [-0.4, -0.2) is 60.3 Å². The van der Waals surface area contributed by atoms with Gasteiger partial charge in [0.1, 0.15) is 18.8 Å². The highest BCUT2D eigenvalue weighted by Gasteiger charge is 2.35. The van der Waals surface area contributed by atoms with Gasteiger partial charge in [0, 0.05) is 24.3 Å². The number of nitrogens with one attached hydrogen (secondary N) is 2. The van der Waals surface area contributed by atoms with Crippen molar-refractivity contribution in [2.75, 3.05) is 32.1 Å². The maximum atomic E-state index is 12.9. The van der Waals surface area contributed by atoms with Crippen molar-refractivity contribution in [1.82, 2.24) is 15.1 Å². The van der Waals surface area contributed by atoms with E-state index in [1.807, 2.05) is 48.2 Å². The molecule has 2 saturated heterocycles. The van der Waals surface area contributed by atoms with Crippen LogP contribution in [0.2, 0.25) is 0 Å². The highest BCUT2D eigenvalue weighted by atomic mass is 16.5. The number of imide groups is 1. The van der Waals surface area contributed by atoms with Crippen LogP contribution in [0.4, 0.5) is 10.5 Å². The van der Waals surface area contributed by atoms with Crippen molar-refractivity contribution < 1.29 is 28.7 Å². The number of anilines is 1. The number of para-hydroxylation sites is 1. The molecule has 0 spiro atoms. The van der Waals surface area contributed by atoms with Gasteiger partial charge in [-0.25, -0.2) is 9.69 Å². The second-order valence-electron chi connectivity index (χ2n) is 10.5. The SMILES string of the molecule is COc1cc(/C=C2\NC(=O)N(CC(=O)Nc3ccccc3C)C2=O)ccc1OCc1ccc(C(=O)N2CCCCC2)cc1. The number of hydrogen-bond donors (Lipinski definition) is 2. The molecule has 0 atom stereocenters. The molecule has 0 saturated carbocycles. The Bertz CT molecular complexity index is 1560. The number of methoxy groups -OCH3 is 1. The number of piperidine rings is 1. The van der Waals surface area contributed by atoms with Crippen LogP contribution in [0.5, 0.6) is 11.5 Å². The van der Waals surface area contributed by atoms with Gasteiger partial charge in [-0.1, -0.05) is 36.4 Å². The van der Waals surface area contributed by atoms with Crippen molar-refractivity contribution in [3.05, 3.63) is 94.7 Å². The number of nitrogens with zero attached hydrogens (tertiary/aromatic N) is 2. The summed E-state index contributed by atoms with van der Waals surface area (Å²) >= 11 is 0. The third-order valence-corrected chi connectivity index (χ3v) is 7.42. The fourth-order valence-corrected chi connectivity index (χ4v) is 5.01. The van der Waals surface area contributed by atoms with E-state index in [9.17, 15) is 19.2 Å². The number of ether oxygens (including phenoxy) is 2. The standard InChI is InChI=1S/C33H34N4O6/c1-22-8-4-5-9-26(22)34-30(38)20-37-32(40)27(35-33(37)41)18-24-12-15-28(29(19-24)42-2)43-21-23-10-13-25(14-11-23)31(39)36-16-6-3-7-17-36/h4-5,8-15,18-19H,3,6-7,16-17,20-21H2,1-2H3,(H,34,38)(H,35,41)/b27-18-. The summed E-state index contributed by atoms with van der Waals surface area (Å²) in [5.74, 6) is -0.0899. The molecule has 2 aliphatic rings. The van der Waals surface area contributed by atoms with Crippen molar-refractivity contribution in [3.8, 4) is 11.5 Å². The Hall–Kier alpha value is -5.12. The summed E-state index contributed by atoms with van der Waals surface area (Å²) in [4.78, 5) is 53.4. The van der Waals surface area contributed by atoms with Crippen molar-refractivity contribution in [1.29, 1.82) is 0 Å². The zero-order chi connectivity index (χ0) is 30.3. The molecule has 2 N–H and O–H groups in total. The normalized spacial score (nSPS) is 15.8. The molecule has 2 aliphatic heterocycles. The van der Waals surface area contributed by atoms with Crippen LogP contribution in [0.15, 0.2) is 72.4 Å². The van der Waals surface area contributed by atoms with Gasteiger partial charge in [-0.2, -0.15) is 0 Å². The number of carbonyl (C=O) groups excluding carboxylic acids is 4. The molecular formula is C33H34N4O6. The zero-order valence-corrected chi connectivity index (χ0v) is 24.2. The quantitative estimate of drug-likeness (QED) is 0.278. The molecule has 0 bridgehead atoms. The average Bonchev–Trinajstić information content (AvgIpc) is 3.28. The summed E-state index contributed by atoms with van der Waals surface area (Å²) in [6.45, 7) is 3.32. The lowest BCUT2D eigenvalue weighted by Crippen LogP contribution is -2.38. The first-order valence-corrected chi connectivity index (χ1v) is 14.2. The van der Waals surface area contributed by atoms with Crippen molar-refractivity contribution in [3.63, 3.8) is 0 Å². The molecule has 0 unspecified atom stereocenters. The van der Waals surface area contributed by atoms with Gasteiger partial charge in [-0.3, -0.25) is 14.4 Å². The second-order valence-corrected chi connectivity index (χ2v) is 10.5. The van der Waals surface area contributed by atoms with Crippen LogP contribution < -0.4 is 20.1 Å². The maximum Gasteiger partial charge on any atom is 0.329 e. The molecule has 10 heteroatoms. The van der Waals surface area contributed by atoms with Crippen molar-refractivity contribution in [2.24, 2.45) is 0 Å². The van der Waals surface area contributed by atoms with E-state index in [2.05, 4.69) is 10.6 Å². The van der Waals surface area contributed by atoms with Crippen molar-refractivity contribution in [2.45, 2.75) is 32.8 Å². The number of aryl methyl sites for hydroxylation is 1.